The fraction of sp³-hybridized carbons (Fsp3) is 0.455. The van der Waals surface area contributed by atoms with Crippen molar-refractivity contribution in [2.45, 2.75) is 19.9 Å². The van der Waals surface area contributed by atoms with Crippen LogP contribution in [0.15, 0.2) is 16.6 Å². The van der Waals surface area contributed by atoms with Crippen molar-refractivity contribution in [3.05, 3.63) is 27.7 Å². The van der Waals surface area contributed by atoms with Crippen LogP contribution in [0.2, 0.25) is 0 Å². The molecule has 1 aromatic carbocycles. The van der Waals surface area contributed by atoms with Gasteiger partial charge in [-0.25, -0.2) is 0 Å². The normalized spacial score (nSPS) is 11.7. The first-order chi connectivity index (χ1) is 8.33. The van der Waals surface area contributed by atoms with Crippen molar-refractivity contribution in [1.82, 2.24) is 0 Å². The molecule has 0 aliphatic carbocycles. The van der Waals surface area contributed by atoms with Crippen molar-refractivity contribution in [1.29, 1.82) is 0 Å². The van der Waals surface area contributed by atoms with E-state index in [1.165, 1.54) is 0 Å². The molecule has 0 heterocycles. The summed E-state index contributed by atoms with van der Waals surface area (Å²) in [4.78, 5) is 0. The van der Waals surface area contributed by atoms with Crippen molar-refractivity contribution >= 4 is 15.9 Å². The van der Waals surface area contributed by atoms with E-state index in [0.29, 0.717) is 11.3 Å². The van der Waals surface area contributed by atoms with Crippen molar-refractivity contribution in [2.24, 2.45) is 0 Å². The number of halogens is 4. The highest BCUT2D eigenvalue weighted by Gasteiger charge is 2.28. The highest BCUT2D eigenvalue weighted by atomic mass is 79.9. The number of aliphatic hydroxyl groups is 1. The van der Waals surface area contributed by atoms with E-state index < -0.39 is 13.0 Å². The van der Waals surface area contributed by atoms with Crippen LogP contribution >= 0.6 is 15.9 Å². The molecule has 0 amide bonds. The van der Waals surface area contributed by atoms with E-state index in [1.54, 1.807) is 19.1 Å². The smallest absolute Gasteiger partial charge is 0.491 e. The van der Waals surface area contributed by atoms with Crippen LogP contribution in [-0.4, -0.2) is 24.7 Å². The van der Waals surface area contributed by atoms with Crippen LogP contribution in [0.1, 0.15) is 11.1 Å². The minimum absolute atomic E-state index is 0.241. The highest BCUT2D eigenvalue weighted by Crippen LogP contribution is 2.28. The third kappa shape index (κ3) is 4.83. The van der Waals surface area contributed by atoms with Crippen molar-refractivity contribution in [3.8, 4) is 5.75 Å². The van der Waals surface area contributed by atoms with Gasteiger partial charge in [-0.1, -0.05) is 15.9 Å². The average Bonchev–Trinajstić information content (AvgIpc) is 2.24. The molecular weight excluding hydrogens is 317 g/mol. The number of aliphatic hydroxyl groups excluding tert-OH is 1. The van der Waals surface area contributed by atoms with Gasteiger partial charge in [0.1, 0.15) is 12.4 Å². The summed E-state index contributed by atoms with van der Waals surface area (Å²) < 4.78 is 44.8. The SMILES string of the molecule is Cc1cc(Br)cc(CO)c1OCCOC(F)(F)F. The standard InChI is InChI=1S/C11H12BrF3O3/c1-7-4-9(12)5-8(6-16)10(7)17-2-3-18-11(13,14)15/h4-5,16H,2-3,6H2,1H3. The van der Waals surface area contributed by atoms with Gasteiger partial charge < -0.3 is 9.84 Å². The molecule has 0 fully saturated rings. The Hall–Kier alpha value is -0.790. The summed E-state index contributed by atoms with van der Waals surface area (Å²) in [6.45, 7) is 0.651. The molecule has 0 saturated carbocycles. The number of benzene rings is 1. The second kappa shape index (κ2) is 6.40. The molecule has 0 atom stereocenters. The maximum absolute atomic E-state index is 11.7. The molecule has 0 aliphatic rings. The molecule has 0 saturated heterocycles. The predicted octanol–water partition coefficient (Wildman–Crippen LogP) is 3.17. The van der Waals surface area contributed by atoms with E-state index in [4.69, 9.17) is 9.84 Å². The summed E-state index contributed by atoms with van der Waals surface area (Å²) in [6, 6.07) is 3.39. The Kier molecular flexibility index (Phi) is 5.43. The zero-order valence-electron chi connectivity index (χ0n) is 9.55. The Bertz CT molecular complexity index is 407. The quantitative estimate of drug-likeness (QED) is 0.844. The number of aryl methyl sites for hydroxylation is 1. The molecule has 0 unspecified atom stereocenters. The number of hydrogen-bond acceptors (Lipinski definition) is 3. The summed E-state index contributed by atoms with van der Waals surface area (Å²) >= 11 is 3.26. The van der Waals surface area contributed by atoms with Crippen molar-refractivity contribution in [3.63, 3.8) is 0 Å². The lowest BCUT2D eigenvalue weighted by atomic mass is 10.1. The lowest BCUT2D eigenvalue weighted by molar-refractivity contribution is -0.325. The zero-order chi connectivity index (χ0) is 13.8. The van der Waals surface area contributed by atoms with E-state index in [1.807, 2.05) is 0 Å². The highest BCUT2D eigenvalue weighted by molar-refractivity contribution is 9.10. The number of alkyl halides is 3. The van der Waals surface area contributed by atoms with Gasteiger partial charge in [-0.15, -0.1) is 13.2 Å². The minimum atomic E-state index is -4.65. The van der Waals surface area contributed by atoms with Gasteiger partial charge in [-0.3, -0.25) is 4.74 Å². The lowest BCUT2D eigenvalue weighted by Crippen LogP contribution is -2.18. The van der Waals surface area contributed by atoms with Crippen molar-refractivity contribution < 1.29 is 27.8 Å². The minimum Gasteiger partial charge on any atom is -0.491 e. The molecule has 102 valence electrons. The van der Waals surface area contributed by atoms with Crippen LogP contribution in [-0.2, 0) is 11.3 Å². The summed E-state index contributed by atoms with van der Waals surface area (Å²) in [5.41, 5.74) is 1.23. The van der Waals surface area contributed by atoms with Gasteiger partial charge in [0, 0.05) is 10.0 Å². The summed E-state index contributed by atoms with van der Waals surface area (Å²) in [7, 11) is 0. The molecule has 3 nitrogen and oxygen atoms in total. The Morgan fingerprint density at radius 1 is 1.28 bits per heavy atom. The molecule has 0 radical (unpaired) electrons. The molecular formula is C11H12BrF3O3. The fourth-order valence-corrected chi connectivity index (χ4v) is 2.04. The van der Waals surface area contributed by atoms with Crippen molar-refractivity contribution in [2.75, 3.05) is 13.2 Å². The Morgan fingerprint density at radius 3 is 2.50 bits per heavy atom. The zero-order valence-corrected chi connectivity index (χ0v) is 11.1. The van der Waals surface area contributed by atoms with Gasteiger partial charge in [-0.2, -0.15) is 0 Å². The number of rotatable bonds is 5. The topological polar surface area (TPSA) is 38.7 Å². The van der Waals surface area contributed by atoms with Gasteiger partial charge in [-0.05, 0) is 24.6 Å². The van der Waals surface area contributed by atoms with Gasteiger partial charge >= 0.3 is 6.36 Å². The molecule has 7 heteroatoms. The molecule has 18 heavy (non-hydrogen) atoms. The van der Waals surface area contributed by atoms with E-state index in [2.05, 4.69) is 20.7 Å². The summed E-state index contributed by atoms with van der Waals surface area (Å²) in [6.07, 6.45) is -4.65. The van der Waals surface area contributed by atoms with Gasteiger partial charge in [0.2, 0.25) is 0 Å². The first-order valence-corrected chi connectivity index (χ1v) is 5.86. The molecule has 1 aromatic rings. The number of ether oxygens (including phenoxy) is 2. The first kappa shape index (κ1) is 15.3. The van der Waals surface area contributed by atoms with Crippen LogP contribution in [0, 0.1) is 6.92 Å². The Morgan fingerprint density at radius 2 is 1.94 bits per heavy atom. The van der Waals surface area contributed by atoms with Crippen LogP contribution < -0.4 is 4.74 Å². The third-order valence-electron chi connectivity index (χ3n) is 2.08. The maximum atomic E-state index is 11.7. The molecule has 0 aromatic heterocycles. The lowest BCUT2D eigenvalue weighted by Gasteiger charge is -2.14. The first-order valence-electron chi connectivity index (χ1n) is 5.07. The monoisotopic (exact) mass is 328 g/mol. The van der Waals surface area contributed by atoms with E-state index in [0.717, 1.165) is 10.0 Å². The third-order valence-corrected chi connectivity index (χ3v) is 2.54. The van der Waals surface area contributed by atoms with E-state index in [-0.39, 0.29) is 13.2 Å². The van der Waals surface area contributed by atoms with Gasteiger partial charge in [0.15, 0.2) is 0 Å². The van der Waals surface area contributed by atoms with Crippen LogP contribution in [0.5, 0.6) is 5.75 Å². The molecule has 0 bridgehead atoms. The molecule has 0 aliphatic heterocycles. The largest absolute Gasteiger partial charge is 0.522 e. The molecule has 0 spiro atoms. The van der Waals surface area contributed by atoms with Crippen LogP contribution in [0.25, 0.3) is 0 Å². The van der Waals surface area contributed by atoms with E-state index >= 15 is 0 Å². The Balaban J connectivity index is 2.62. The van der Waals surface area contributed by atoms with Crippen LogP contribution in [0.4, 0.5) is 13.2 Å². The predicted molar refractivity (Wildman–Crippen MR) is 62.3 cm³/mol. The number of hydrogen-bond donors (Lipinski definition) is 1. The second-order valence-corrected chi connectivity index (χ2v) is 4.43. The second-order valence-electron chi connectivity index (χ2n) is 3.51. The molecule has 1 N–H and O–H groups in total. The van der Waals surface area contributed by atoms with E-state index in [9.17, 15) is 13.2 Å². The summed E-state index contributed by atoms with van der Waals surface area (Å²) in [5, 5.41) is 9.14. The maximum Gasteiger partial charge on any atom is 0.522 e. The average molecular weight is 329 g/mol. The van der Waals surface area contributed by atoms with Crippen LogP contribution in [0.3, 0.4) is 0 Å². The Labute approximate surface area is 111 Å². The van der Waals surface area contributed by atoms with Gasteiger partial charge in [0.25, 0.3) is 0 Å². The summed E-state index contributed by atoms with van der Waals surface area (Å²) in [5.74, 6) is 0.381. The van der Waals surface area contributed by atoms with Gasteiger partial charge in [0.05, 0.1) is 13.2 Å². The fourth-order valence-electron chi connectivity index (χ4n) is 1.42. The molecule has 1 rings (SSSR count).